The first-order valence-corrected chi connectivity index (χ1v) is 11.1. The Hall–Kier alpha value is -2.25. The van der Waals surface area contributed by atoms with Crippen molar-refractivity contribution in [1.29, 1.82) is 0 Å². The Bertz CT molecular complexity index is 896. The van der Waals surface area contributed by atoms with E-state index in [1.165, 1.54) is 12.1 Å². The monoisotopic (exact) mass is 571 g/mol. The third kappa shape index (κ3) is 9.26. The van der Waals surface area contributed by atoms with E-state index >= 15 is 0 Å². The van der Waals surface area contributed by atoms with Gasteiger partial charge in [0.1, 0.15) is 0 Å². The number of rotatable bonds is 10. The van der Waals surface area contributed by atoms with Crippen molar-refractivity contribution >= 4 is 35.6 Å². The van der Waals surface area contributed by atoms with E-state index in [1.54, 1.807) is 12.1 Å². The van der Waals surface area contributed by atoms with Gasteiger partial charge in [-0.25, -0.2) is 4.99 Å². The Labute approximate surface area is 211 Å². The fraction of sp³-hybridized carbons (Fsp3) is 0.545. The zero-order valence-corrected chi connectivity index (χ0v) is 21.7. The van der Waals surface area contributed by atoms with Gasteiger partial charge in [-0.05, 0) is 31.9 Å². The van der Waals surface area contributed by atoms with Crippen molar-refractivity contribution in [2.24, 2.45) is 4.99 Å². The first-order valence-electron chi connectivity index (χ1n) is 11.1. The number of nitrogens with one attached hydrogen (secondary N) is 2. The van der Waals surface area contributed by atoms with Gasteiger partial charge in [0, 0.05) is 57.1 Å². The lowest BCUT2D eigenvalue weighted by atomic mass is 10.2. The Kier molecular flexibility index (Phi) is 11.5. The van der Waals surface area contributed by atoms with Crippen LogP contribution in [0.5, 0.6) is 0 Å². The van der Waals surface area contributed by atoms with Crippen molar-refractivity contribution in [2.75, 3.05) is 45.9 Å². The van der Waals surface area contributed by atoms with Crippen LogP contribution in [-0.2, 0) is 17.8 Å². The molecule has 0 bridgehead atoms. The van der Waals surface area contributed by atoms with Gasteiger partial charge in [-0.1, -0.05) is 12.1 Å². The third-order valence-corrected chi connectivity index (χ3v) is 5.33. The quantitative estimate of drug-likeness (QED) is 0.113. The summed E-state index contributed by atoms with van der Waals surface area (Å²) >= 11 is 0. The van der Waals surface area contributed by atoms with Crippen LogP contribution in [0, 0.1) is 24.0 Å². The largest absolute Gasteiger partial charge is 0.379 e. The second-order valence-corrected chi connectivity index (χ2v) is 7.90. The minimum Gasteiger partial charge on any atom is -0.379 e. The normalized spacial score (nSPS) is 14.5. The number of ether oxygens (including phenoxy) is 1. The molecule has 0 amide bonds. The van der Waals surface area contributed by atoms with Gasteiger partial charge in [-0.15, -0.1) is 24.0 Å². The number of aromatic nitrogens is 2. The number of morpholine rings is 1. The smallest absolute Gasteiger partial charge is 0.269 e. The number of non-ortho nitro benzene ring substituents is 1. The Morgan fingerprint density at radius 3 is 2.48 bits per heavy atom. The van der Waals surface area contributed by atoms with E-state index in [0.717, 1.165) is 81.8 Å². The molecule has 1 fully saturated rings. The number of nitro groups is 1. The zero-order chi connectivity index (χ0) is 22.8. The SMILES string of the molecule is Cc1cc(C)n(CCCNC(=NCc2ccc([N+](=O)[O-])cc2)NCCN2CCOCC2)n1.I. The molecule has 0 saturated carbocycles. The van der Waals surface area contributed by atoms with Gasteiger partial charge in [0.25, 0.3) is 5.69 Å². The number of hydrogen-bond acceptors (Lipinski definition) is 6. The summed E-state index contributed by atoms with van der Waals surface area (Å²) in [5.74, 6) is 0.741. The van der Waals surface area contributed by atoms with Gasteiger partial charge in [0.15, 0.2) is 5.96 Å². The van der Waals surface area contributed by atoms with E-state index < -0.39 is 4.92 Å². The fourth-order valence-electron chi connectivity index (χ4n) is 3.56. The summed E-state index contributed by atoms with van der Waals surface area (Å²) in [6, 6.07) is 8.60. The molecule has 11 heteroatoms. The topological polar surface area (TPSA) is 110 Å². The molecule has 0 spiro atoms. The summed E-state index contributed by atoms with van der Waals surface area (Å²) < 4.78 is 7.43. The maximum atomic E-state index is 10.8. The molecule has 2 heterocycles. The highest BCUT2D eigenvalue weighted by Gasteiger charge is 2.10. The number of benzene rings is 1. The van der Waals surface area contributed by atoms with Crippen molar-refractivity contribution in [3.8, 4) is 0 Å². The Balaban J connectivity index is 0.00000385. The molecule has 1 aliphatic heterocycles. The highest BCUT2D eigenvalue weighted by molar-refractivity contribution is 14.0. The molecule has 1 aromatic heterocycles. The lowest BCUT2D eigenvalue weighted by molar-refractivity contribution is -0.384. The first kappa shape index (κ1) is 27.0. The van der Waals surface area contributed by atoms with Crippen molar-refractivity contribution in [2.45, 2.75) is 33.4 Å². The summed E-state index contributed by atoms with van der Waals surface area (Å²) in [4.78, 5) is 17.5. The number of guanidine groups is 1. The van der Waals surface area contributed by atoms with E-state index in [-0.39, 0.29) is 29.7 Å². The molecular weight excluding hydrogens is 537 g/mol. The molecule has 0 radical (unpaired) electrons. The number of aliphatic imine (C=N–C) groups is 1. The molecule has 1 aromatic carbocycles. The van der Waals surface area contributed by atoms with E-state index in [1.807, 2.05) is 11.6 Å². The highest BCUT2D eigenvalue weighted by atomic mass is 127. The third-order valence-electron chi connectivity index (χ3n) is 5.33. The highest BCUT2D eigenvalue weighted by Crippen LogP contribution is 2.12. The van der Waals surface area contributed by atoms with Crippen LogP contribution in [0.4, 0.5) is 5.69 Å². The van der Waals surface area contributed by atoms with Gasteiger partial charge in [0.2, 0.25) is 0 Å². The molecule has 3 rings (SSSR count). The molecule has 0 aliphatic carbocycles. The molecular formula is C22H34IN7O3. The number of halogens is 1. The van der Waals surface area contributed by atoms with E-state index in [4.69, 9.17) is 4.74 Å². The number of aryl methyl sites for hydroxylation is 3. The predicted octanol–water partition coefficient (Wildman–Crippen LogP) is 2.48. The molecule has 0 atom stereocenters. The standard InChI is InChI=1S/C22H33N7O3.HI/c1-18-16-19(2)28(26-18)10-3-8-23-22(24-9-11-27-12-14-32-15-13-27)25-17-20-4-6-21(7-5-20)29(30)31;/h4-7,16H,3,8-15,17H2,1-2H3,(H2,23,24,25);1H. The number of hydrogen-bond donors (Lipinski definition) is 2. The van der Waals surface area contributed by atoms with E-state index in [2.05, 4.69) is 38.6 Å². The van der Waals surface area contributed by atoms with E-state index in [9.17, 15) is 10.1 Å². The summed E-state index contributed by atoms with van der Waals surface area (Å²) in [5.41, 5.74) is 3.21. The van der Waals surface area contributed by atoms with Crippen LogP contribution in [0.25, 0.3) is 0 Å². The lowest BCUT2D eigenvalue weighted by Gasteiger charge is -2.26. The maximum absolute atomic E-state index is 10.8. The van der Waals surface area contributed by atoms with Crippen molar-refractivity contribution < 1.29 is 9.66 Å². The van der Waals surface area contributed by atoms with Gasteiger partial charge < -0.3 is 15.4 Å². The molecule has 10 nitrogen and oxygen atoms in total. The Morgan fingerprint density at radius 1 is 1.15 bits per heavy atom. The van der Waals surface area contributed by atoms with Gasteiger partial charge in [-0.3, -0.25) is 19.7 Å². The number of nitrogens with zero attached hydrogens (tertiary/aromatic N) is 5. The van der Waals surface area contributed by atoms with Crippen LogP contribution >= 0.6 is 24.0 Å². The molecule has 0 unspecified atom stereocenters. The molecule has 1 saturated heterocycles. The second kappa shape index (κ2) is 14.1. The van der Waals surface area contributed by atoms with Crippen molar-refractivity contribution in [3.63, 3.8) is 0 Å². The van der Waals surface area contributed by atoms with Crippen LogP contribution in [0.2, 0.25) is 0 Å². The molecule has 33 heavy (non-hydrogen) atoms. The van der Waals surface area contributed by atoms with Crippen molar-refractivity contribution in [3.05, 3.63) is 57.4 Å². The molecule has 2 aromatic rings. The average molecular weight is 571 g/mol. The average Bonchev–Trinajstić information content (AvgIpc) is 3.12. The van der Waals surface area contributed by atoms with Gasteiger partial charge in [0.05, 0.1) is 30.4 Å². The van der Waals surface area contributed by atoms with Crippen LogP contribution in [0.1, 0.15) is 23.4 Å². The molecule has 1 aliphatic rings. The number of nitro benzene ring substituents is 1. The summed E-state index contributed by atoms with van der Waals surface area (Å²) in [7, 11) is 0. The van der Waals surface area contributed by atoms with Crippen LogP contribution < -0.4 is 10.6 Å². The first-order chi connectivity index (χ1) is 15.5. The van der Waals surface area contributed by atoms with Gasteiger partial charge in [-0.2, -0.15) is 5.10 Å². The second-order valence-electron chi connectivity index (χ2n) is 7.90. The summed E-state index contributed by atoms with van der Waals surface area (Å²) in [6.07, 6.45) is 0.920. The lowest BCUT2D eigenvalue weighted by Crippen LogP contribution is -2.44. The summed E-state index contributed by atoms with van der Waals surface area (Å²) in [6.45, 7) is 11.3. The predicted molar refractivity (Wildman–Crippen MR) is 139 cm³/mol. The van der Waals surface area contributed by atoms with Crippen LogP contribution in [0.15, 0.2) is 35.3 Å². The fourth-order valence-corrected chi connectivity index (χ4v) is 3.56. The summed E-state index contributed by atoms with van der Waals surface area (Å²) in [5, 5.41) is 22.1. The van der Waals surface area contributed by atoms with Crippen LogP contribution in [0.3, 0.4) is 0 Å². The minimum atomic E-state index is -0.393. The molecule has 2 N–H and O–H groups in total. The zero-order valence-electron chi connectivity index (χ0n) is 19.3. The van der Waals surface area contributed by atoms with Crippen molar-refractivity contribution in [1.82, 2.24) is 25.3 Å². The van der Waals surface area contributed by atoms with E-state index in [0.29, 0.717) is 6.54 Å². The van der Waals surface area contributed by atoms with Crippen LogP contribution in [-0.4, -0.2) is 71.5 Å². The molecule has 182 valence electrons. The van der Waals surface area contributed by atoms with Gasteiger partial charge >= 0.3 is 0 Å². The minimum absolute atomic E-state index is 0. The maximum Gasteiger partial charge on any atom is 0.269 e. The Morgan fingerprint density at radius 2 is 1.85 bits per heavy atom.